The lowest BCUT2D eigenvalue weighted by atomic mass is 10.0. The zero-order valence-electron chi connectivity index (χ0n) is 14.4. The molecule has 0 aliphatic rings. The molecule has 11 heteroatoms. The molecule has 0 aliphatic heterocycles. The number of nitrogens with zero attached hydrogens (tertiary/aromatic N) is 2. The third kappa shape index (κ3) is 3.75. The summed E-state index contributed by atoms with van der Waals surface area (Å²) in [5, 5.41) is 0. The number of alkyl halides is 3. The highest BCUT2D eigenvalue weighted by atomic mass is 32.2. The van der Waals surface area contributed by atoms with Gasteiger partial charge in [0.1, 0.15) is 16.5 Å². The van der Waals surface area contributed by atoms with E-state index >= 15 is 0 Å². The number of imidazole rings is 1. The summed E-state index contributed by atoms with van der Waals surface area (Å²) in [6, 6.07) is 2.42. The molecule has 0 saturated carbocycles. The summed E-state index contributed by atoms with van der Waals surface area (Å²) in [4.78, 5) is 8.42. The van der Waals surface area contributed by atoms with E-state index in [2.05, 4.69) is 9.97 Å². The Morgan fingerprint density at radius 2 is 1.71 bits per heavy atom. The molecule has 1 N–H and O–H groups in total. The number of pyridine rings is 1. The van der Waals surface area contributed by atoms with E-state index in [1.807, 2.05) is 4.98 Å². The molecule has 2 aromatic heterocycles. The molecular weight excluding hydrogens is 405 g/mol. The van der Waals surface area contributed by atoms with E-state index in [4.69, 9.17) is 0 Å². The predicted octanol–water partition coefficient (Wildman–Crippen LogP) is 4.15. The maximum absolute atomic E-state index is 14.6. The Morgan fingerprint density at radius 3 is 2.29 bits per heavy atom. The lowest BCUT2D eigenvalue weighted by Gasteiger charge is -2.08. The van der Waals surface area contributed by atoms with Crippen molar-refractivity contribution in [3.05, 3.63) is 53.6 Å². The van der Waals surface area contributed by atoms with Crippen LogP contribution in [0.2, 0.25) is 0 Å². The number of aryl methyl sites for hydroxylation is 1. The van der Waals surface area contributed by atoms with E-state index in [0.29, 0.717) is 24.0 Å². The lowest BCUT2D eigenvalue weighted by molar-refractivity contribution is -0.144. The van der Waals surface area contributed by atoms with Gasteiger partial charge in [-0.2, -0.15) is 13.2 Å². The van der Waals surface area contributed by atoms with Gasteiger partial charge in [0.2, 0.25) is 5.82 Å². The minimum Gasteiger partial charge on any atom is -0.334 e. The van der Waals surface area contributed by atoms with Gasteiger partial charge in [-0.05, 0) is 30.7 Å². The highest BCUT2D eigenvalue weighted by molar-refractivity contribution is 7.90. The Hall–Kier alpha value is -2.82. The van der Waals surface area contributed by atoms with E-state index in [-0.39, 0.29) is 11.3 Å². The van der Waals surface area contributed by atoms with Gasteiger partial charge in [0.25, 0.3) is 0 Å². The molecule has 0 aliphatic carbocycles. The highest BCUT2D eigenvalue weighted by Gasteiger charge is 2.36. The van der Waals surface area contributed by atoms with Crippen molar-refractivity contribution in [3.63, 3.8) is 0 Å². The first-order valence-corrected chi connectivity index (χ1v) is 9.56. The molecular formula is C17H12F5N3O2S. The fourth-order valence-electron chi connectivity index (χ4n) is 2.60. The Labute approximate surface area is 156 Å². The van der Waals surface area contributed by atoms with Crippen LogP contribution >= 0.6 is 0 Å². The van der Waals surface area contributed by atoms with Crippen LogP contribution in [0, 0.1) is 18.6 Å². The summed E-state index contributed by atoms with van der Waals surface area (Å²) in [7, 11) is -4.07. The number of rotatable bonds is 3. The van der Waals surface area contributed by atoms with Gasteiger partial charge in [-0.1, -0.05) is 0 Å². The fraction of sp³-hybridized carbons (Fsp3) is 0.176. The van der Waals surface area contributed by atoms with Crippen LogP contribution < -0.4 is 0 Å². The van der Waals surface area contributed by atoms with Crippen LogP contribution in [0.15, 0.2) is 35.5 Å². The van der Waals surface area contributed by atoms with E-state index in [1.54, 1.807) is 6.92 Å². The third-order valence-electron chi connectivity index (χ3n) is 3.81. The molecule has 5 nitrogen and oxygen atoms in total. The normalized spacial score (nSPS) is 12.4. The van der Waals surface area contributed by atoms with Gasteiger partial charge in [0.15, 0.2) is 9.84 Å². The highest BCUT2D eigenvalue weighted by Crippen LogP contribution is 2.37. The number of nitrogens with one attached hydrogen (secondary N) is 1. The first-order valence-electron chi connectivity index (χ1n) is 7.66. The monoisotopic (exact) mass is 417 g/mol. The number of hydrogen-bond acceptors (Lipinski definition) is 4. The molecule has 0 bridgehead atoms. The predicted molar refractivity (Wildman–Crippen MR) is 90.0 cm³/mol. The van der Waals surface area contributed by atoms with Gasteiger partial charge in [-0.3, -0.25) is 4.98 Å². The molecule has 0 spiro atoms. The van der Waals surface area contributed by atoms with Gasteiger partial charge in [-0.15, -0.1) is 0 Å². The Balaban J connectivity index is 2.30. The van der Waals surface area contributed by atoms with Crippen LogP contribution in [0.5, 0.6) is 0 Å². The summed E-state index contributed by atoms with van der Waals surface area (Å²) in [5.41, 5.74) is -0.581. The van der Waals surface area contributed by atoms with Gasteiger partial charge >= 0.3 is 6.18 Å². The molecule has 0 radical (unpaired) electrons. The van der Waals surface area contributed by atoms with E-state index < -0.39 is 49.6 Å². The number of hydrogen-bond donors (Lipinski definition) is 1. The summed E-state index contributed by atoms with van der Waals surface area (Å²) >= 11 is 0. The third-order valence-corrected chi connectivity index (χ3v) is 4.92. The molecule has 3 aromatic rings. The molecule has 0 fully saturated rings. The van der Waals surface area contributed by atoms with Crippen LogP contribution in [0.3, 0.4) is 0 Å². The van der Waals surface area contributed by atoms with Crippen molar-refractivity contribution in [1.82, 2.24) is 15.0 Å². The second kappa shape index (κ2) is 6.66. The van der Waals surface area contributed by atoms with Crippen molar-refractivity contribution < 1.29 is 30.4 Å². The fourth-order valence-corrected chi connectivity index (χ4v) is 3.33. The Morgan fingerprint density at radius 1 is 1.04 bits per heavy atom. The topological polar surface area (TPSA) is 75.7 Å². The number of aromatic amines is 1. The van der Waals surface area contributed by atoms with Crippen LogP contribution in [0.4, 0.5) is 22.0 Å². The quantitative estimate of drug-likeness (QED) is 0.650. The number of halogens is 5. The van der Waals surface area contributed by atoms with Crippen LogP contribution in [-0.2, 0) is 16.0 Å². The SMILES string of the molecule is Cc1cncc(-c2nc(C(F)(F)F)[nH]c2-c2cc(F)c(S(C)(=O)=O)cc2F)c1. The minimum atomic E-state index is -4.87. The minimum absolute atomic E-state index is 0.147. The van der Waals surface area contributed by atoms with Crippen molar-refractivity contribution >= 4 is 9.84 Å². The summed E-state index contributed by atoms with van der Waals surface area (Å²) in [5.74, 6) is -3.93. The lowest BCUT2D eigenvalue weighted by Crippen LogP contribution is -2.07. The largest absolute Gasteiger partial charge is 0.449 e. The number of aromatic nitrogens is 3. The zero-order valence-corrected chi connectivity index (χ0v) is 15.2. The van der Waals surface area contributed by atoms with E-state index in [0.717, 1.165) is 0 Å². The van der Waals surface area contributed by atoms with Crippen LogP contribution in [-0.4, -0.2) is 29.6 Å². The molecule has 1 aromatic carbocycles. The molecule has 148 valence electrons. The first kappa shape index (κ1) is 19.9. The number of benzene rings is 1. The second-order valence-corrected chi connectivity index (χ2v) is 8.08. The zero-order chi connectivity index (χ0) is 20.9. The summed E-state index contributed by atoms with van der Waals surface area (Å²) < 4.78 is 91.3. The number of sulfone groups is 1. The molecule has 0 saturated heterocycles. The van der Waals surface area contributed by atoms with E-state index in [9.17, 15) is 30.4 Å². The van der Waals surface area contributed by atoms with Crippen molar-refractivity contribution in [2.24, 2.45) is 0 Å². The van der Waals surface area contributed by atoms with Gasteiger partial charge < -0.3 is 4.98 Å². The average Bonchev–Trinajstić information content (AvgIpc) is 3.01. The molecule has 3 rings (SSSR count). The molecule has 0 unspecified atom stereocenters. The van der Waals surface area contributed by atoms with Crippen LogP contribution in [0.1, 0.15) is 11.4 Å². The van der Waals surface area contributed by atoms with Crippen molar-refractivity contribution in [2.75, 3.05) is 6.26 Å². The Kier molecular flexibility index (Phi) is 4.74. The number of H-pyrrole nitrogens is 1. The standard InChI is InChI=1S/C17H12F5N3O2S/c1-8-3-9(7-23-6-8)14-15(25-16(24-14)17(20,21)22)10-4-12(19)13(5-11(10)18)28(2,26)27/h3-7H,1-2H3,(H,24,25). The van der Waals surface area contributed by atoms with Gasteiger partial charge in [0.05, 0.1) is 11.4 Å². The van der Waals surface area contributed by atoms with Crippen molar-refractivity contribution in [1.29, 1.82) is 0 Å². The smallest absolute Gasteiger partial charge is 0.334 e. The van der Waals surface area contributed by atoms with Crippen LogP contribution in [0.25, 0.3) is 22.5 Å². The van der Waals surface area contributed by atoms with Crippen molar-refractivity contribution in [2.45, 2.75) is 18.0 Å². The Bertz CT molecular complexity index is 1170. The molecule has 2 heterocycles. The maximum Gasteiger partial charge on any atom is 0.449 e. The van der Waals surface area contributed by atoms with E-state index in [1.165, 1.54) is 18.5 Å². The summed E-state index contributed by atoms with van der Waals surface area (Å²) in [6.45, 7) is 1.65. The molecule has 28 heavy (non-hydrogen) atoms. The average molecular weight is 417 g/mol. The summed E-state index contributed by atoms with van der Waals surface area (Å²) in [6.07, 6.45) is -1.49. The van der Waals surface area contributed by atoms with Gasteiger partial charge in [-0.25, -0.2) is 22.2 Å². The van der Waals surface area contributed by atoms with Crippen molar-refractivity contribution in [3.8, 4) is 22.5 Å². The molecule has 0 amide bonds. The second-order valence-electron chi connectivity index (χ2n) is 6.09. The van der Waals surface area contributed by atoms with Gasteiger partial charge in [0, 0.05) is 29.8 Å². The molecule has 0 atom stereocenters. The maximum atomic E-state index is 14.6. The first-order chi connectivity index (χ1) is 12.9.